The second kappa shape index (κ2) is 22.4. The van der Waals surface area contributed by atoms with Crippen LogP contribution in [0.2, 0.25) is 0 Å². The van der Waals surface area contributed by atoms with Crippen molar-refractivity contribution in [2.45, 2.75) is 62.6 Å². The van der Waals surface area contributed by atoms with Gasteiger partial charge in [0.2, 0.25) is 10.0 Å². The van der Waals surface area contributed by atoms with Crippen LogP contribution in [-0.2, 0) is 27.7 Å². The van der Waals surface area contributed by atoms with E-state index in [0.717, 1.165) is 23.3 Å². The quantitative estimate of drug-likeness (QED) is 0.105. The first kappa shape index (κ1) is 49.9. The van der Waals surface area contributed by atoms with E-state index in [-0.39, 0.29) is 142 Å². The Labute approximate surface area is 419 Å². The van der Waals surface area contributed by atoms with Crippen LogP contribution in [0.5, 0.6) is 5.75 Å². The average Bonchev–Trinajstić information content (AvgIpc) is 3.17. The summed E-state index contributed by atoms with van der Waals surface area (Å²) in [5.41, 5.74) is 1.98. The van der Waals surface area contributed by atoms with Crippen LogP contribution in [0, 0.1) is 5.92 Å². The summed E-state index contributed by atoms with van der Waals surface area (Å²) in [4.78, 5) is 49.5. The zero-order valence-corrected chi connectivity index (χ0v) is 31.0. The van der Waals surface area contributed by atoms with Gasteiger partial charge in [0.05, 0.1) is 27.6 Å². The van der Waals surface area contributed by atoms with E-state index in [9.17, 15) is 45.9 Å². The molecular weight excluding hydrogens is 834 g/mol. The van der Waals surface area contributed by atoms with Crippen LogP contribution >= 0.6 is 0 Å². The molecule has 0 bridgehead atoms. The average molecular weight is 876 g/mol. The molecule has 0 heterocycles. The Balaban J connectivity index is 0.00000450. The van der Waals surface area contributed by atoms with Crippen molar-refractivity contribution in [2.24, 2.45) is 5.92 Å². The van der Waals surface area contributed by atoms with Gasteiger partial charge in [0, 0.05) is 23.8 Å². The maximum absolute atomic E-state index is 13.8. The number of carbonyl (C=O) groups is 4. The van der Waals surface area contributed by atoms with Gasteiger partial charge in [-0.2, -0.15) is 17.5 Å². The van der Waals surface area contributed by atoms with Crippen LogP contribution < -0.4 is 15.4 Å². The zero-order valence-electron chi connectivity index (χ0n) is 30.2. The van der Waals surface area contributed by atoms with E-state index in [1.165, 1.54) is 46.8 Å². The van der Waals surface area contributed by atoms with Crippen LogP contribution in [0.1, 0.15) is 74.8 Å². The Morgan fingerprint density at radius 2 is 1.38 bits per heavy atom. The molecule has 58 heavy (non-hydrogen) atoms. The van der Waals surface area contributed by atoms with Crippen molar-refractivity contribution in [3.05, 3.63) is 119 Å². The minimum atomic E-state index is -4.66. The minimum absolute atomic E-state index is 0. The number of carboxylic acids is 2. The number of carboxylic acid groups (broad SMARTS) is 2. The third kappa shape index (κ3) is 13.8. The number of aryl methyl sites for hydroxylation is 2. The Hall–Kier alpha value is -2.47. The van der Waals surface area contributed by atoms with Crippen molar-refractivity contribution < 1.29 is 55.7 Å². The number of ether oxygens (including phenoxy) is 1. The first-order chi connectivity index (χ1) is 26.5. The van der Waals surface area contributed by atoms with Crippen molar-refractivity contribution >= 4 is 148 Å². The predicted molar refractivity (Wildman–Crippen MR) is 215 cm³/mol. The molecule has 0 unspecified atom stereocenters. The first-order valence-corrected chi connectivity index (χ1v) is 19.2. The summed E-state index contributed by atoms with van der Waals surface area (Å²) in [6, 6.07) is 21.6. The molecule has 1 aliphatic rings. The van der Waals surface area contributed by atoms with E-state index in [1.807, 2.05) is 0 Å². The van der Waals surface area contributed by atoms with E-state index < -0.39 is 58.5 Å². The van der Waals surface area contributed by atoms with Crippen molar-refractivity contribution in [1.29, 1.82) is 0 Å². The van der Waals surface area contributed by atoms with E-state index in [2.05, 4.69) is 10.6 Å². The van der Waals surface area contributed by atoms with Crippen LogP contribution in [-0.4, -0.2) is 175 Å². The second-order valence-electron chi connectivity index (χ2n) is 13.3. The molecule has 0 saturated heterocycles. The van der Waals surface area contributed by atoms with E-state index in [4.69, 9.17) is 9.84 Å². The monoisotopic (exact) mass is 875 g/mol. The Morgan fingerprint density at radius 3 is 1.93 bits per heavy atom. The number of sulfonamides is 1. The number of hydrogen-bond donors (Lipinski definition) is 4. The van der Waals surface area contributed by atoms with E-state index in [1.54, 1.807) is 43.3 Å². The summed E-state index contributed by atoms with van der Waals surface area (Å²) < 4.78 is 72.5. The van der Waals surface area contributed by atoms with Gasteiger partial charge in [-0.3, -0.25) is 14.4 Å². The van der Waals surface area contributed by atoms with Crippen molar-refractivity contribution in [3.8, 4) is 5.75 Å². The molecule has 0 aromatic heterocycles. The number of carbonyl (C=O) groups excluding carboxylic acids is 2. The first-order valence-electron chi connectivity index (χ1n) is 17.8. The van der Waals surface area contributed by atoms with Crippen LogP contribution in [0.4, 0.5) is 24.5 Å². The molecule has 0 aliphatic heterocycles. The summed E-state index contributed by atoms with van der Waals surface area (Å²) in [6.45, 7) is 0.171. The fourth-order valence-electron chi connectivity index (χ4n) is 6.49. The Bertz CT molecular complexity index is 2180. The van der Waals surface area contributed by atoms with Gasteiger partial charge < -0.3 is 25.6 Å². The van der Waals surface area contributed by atoms with Crippen molar-refractivity contribution in [3.63, 3.8) is 0 Å². The van der Waals surface area contributed by atoms with Gasteiger partial charge in [0.15, 0.2) is 6.61 Å². The normalized spacial score (nSPS) is 15.3. The molecule has 300 valence electrons. The summed E-state index contributed by atoms with van der Waals surface area (Å²) in [6.07, 6.45) is -2.01. The van der Waals surface area contributed by atoms with Crippen molar-refractivity contribution in [1.82, 2.24) is 4.31 Å². The SMILES string of the molecule is CCN(C1CCC(C(=O)O)CC1)S(=O)(=O)c1cccc(C(=O)Nc2ccc(OCC(F)(F)F)cc2C(=O)Nc2ccc(CCc3ccc(C(=O)O)cc3)cc2)c1.[KH].[KH]. The molecule has 4 aromatic rings. The molecule has 4 N–H and O–H groups in total. The molecule has 2 amide bonds. The number of aromatic carboxylic acids is 1. The number of benzene rings is 4. The van der Waals surface area contributed by atoms with Crippen LogP contribution in [0.15, 0.2) is 95.9 Å². The zero-order chi connectivity index (χ0) is 40.6. The van der Waals surface area contributed by atoms with E-state index >= 15 is 0 Å². The number of nitrogens with one attached hydrogen (secondary N) is 2. The molecule has 1 aliphatic carbocycles. The molecule has 4 aromatic carbocycles. The van der Waals surface area contributed by atoms with Gasteiger partial charge in [-0.05, 0) is 110 Å². The summed E-state index contributed by atoms with van der Waals surface area (Å²) in [7, 11) is -4.11. The van der Waals surface area contributed by atoms with E-state index in [0.29, 0.717) is 44.2 Å². The molecule has 5 rings (SSSR count). The number of rotatable bonds is 15. The molecule has 0 spiro atoms. The molecule has 0 atom stereocenters. The van der Waals surface area contributed by atoms with Crippen LogP contribution in [0.3, 0.4) is 0 Å². The molecular formula is C40H42F3K2N3O9S. The standard InChI is InChI=1S/C40H40F3N3O9S.2K.2H/c1-2-46(31-18-14-28(15-19-31)39(51)52)56(53,54)33-5-3-4-29(22-33)36(47)45-35-21-20-32(55-24-40(41,42)43)23-34(35)37(48)44-30-16-10-26(11-17-30)7-6-25-8-12-27(13-9-25)38(49)50;;;;/h3-5,8-13,16-17,20-23,28,31H,2,6-7,14-15,18-19,24H2,1H3,(H,44,48)(H,45,47)(H,49,50)(H,51,52);;;;. The van der Waals surface area contributed by atoms with Gasteiger partial charge >= 0.3 is 121 Å². The summed E-state index contributed by atoms with van der Waals surface area (Å²) >= 11 is 0. The van der Waals surface area contributed by atoms with Gasteiger partial charge in [-0.1, -0.05) is 37.3 Å². The van der Waals surface area contributed by atoms with Gasteiger partial charge in [-0.25, -0.2) is 13.2 Å². The topological polar surface area (TPSA) is 179 Å². The molecule has 18 heteroatoms. The fraction of sp³-hybridized carbons (Fsp3) is 0.300. The number of anilines is 2. The molecule has 0 radical (unpaired) electrons. The van der Waals surface area contributed by atoms with Gasteiger partial charge in [0.1, 0.15) is 5.75 Å². The number of hydrogen-bond acceptors (Lipinski definition) is 7. The number of alkyl halides is 3. The molecule has 12 nitrogen and oxygen atoms in total. The molecule has 1 fully saturated rings. The maximum atomic E-state index is 13.8. The van der Waals surface area contributed by atoms with Crippen LogP contribution in [0.25, 0.3) is 0 Å². The number of halogens is 3. The third-order valence-electron chi connectivity index (χ3n) is 9.47. The summed E-state index contributed by atoms with van der Waals surface area (Å²) in [5, 5.41) is 23.7. The Kier molecular flexibility index (Phi) is 19.3. The Morgan fingerprint density at radius 1 is 0.776 bits per heavy atom. The third-order valence-corrected chi connectivity index (χ3v) is 11.5. The fourth-order valence-corrected chi connectivity index (χ4v) is 8.23. The van der Waals surface area contributed by atoms with Gasteiger partial charge in [0.25, 0.3) is 11.8 Å². The second-order valence-corrected chi connectivity index (χ2v) is 15.2. The number of aliphatic carboxylic acids is 1. The predicted octanol–water partition coefficient (Wildman–Crippen LogP) is 5.97. The summed E-state index contributed by atoms with van der Waals surface area (Å²) in [5.74, 6) is -4.33. The number of nitrogens with zero attached hydrogens (tertiary/aromatic N) is 1. The molecule has 1 saturated carbocycles. The van der Waals surface area contributed by atoms with Gasteiger partial charge in [-0.15, -0.1) is 0 Å². The number of amides is 2. The van der Waals surface area contributed by atoms with Crippen molar-refractivity contribution in [2.75, 3.05) is 23.8 Å².